The highest BCUT2D eigenvalue weighted by molar-refractivity contribution is 5.89. The lowest BCUT2D eigenvalue weighted by Gasteiger charge is -2.33. The van der Waals surface area contributed by atoms with Crippen LogP contribution in [0.1, 0.15) is 44.6 Å². The summed E-state index contributed by atoms with van der Waals surface area (Å²) in [5.41, 5.74) is 4.41. The summed E-state index contributed by atoms with van der Waals surface area (Å²) in [5.74, 6) is 0.525. The maximum absolute atomic E-state index is 12.1. The first-order valence-corrected chi connectivity index (χ1v) is 11.9. The van der Waals surface area contributed by atoms with Gasteiger partial charge in [-0.3, -0.25) is 9.59 Å². The Hall–Kier alpha value is -3.02. The highest BCUT2D eigenvalue weighted by atomic mass is 16.2. The van der Waals surface area contributed by atoms with E-state index in [0.29, 0.717) is 13.1 Å². The number of hydrogen-bond acceptors (Lipinski definition) is 4. The predicted octanol–water partition coefficient (Wildman–Crippen LogP) is 4.20. The van der Waals surface area contributed by atoms with Gasteiger partial charge in [0.05, 0.1) is 5.92 Å². The standard InChI is InChI=1S/C26H34N4O2/c1-2-3-19-12-14-30(15-13-19)24-10-8-23(9-11-24)29-22-6-4-20(5-7-22)17-28-26(32)21-16-25(31)27-18-21/h4-11,19,21,29H,2-3,12-18H2,1H3,(H,27,31)(H,28,32)/t21-/m1/s1. The molecule has 0 spiro atoms. The molecule has 6 nitrogen and oxygen atoms in total. The summed E-state index contributed by atoms with van der Waals surface area (Å²) < 4.78 is 0. The van der Waals surface area contributed by atoms with Gasteiger partial charge in [0.25, 0.3) is 0 Å². The Morgan fingerprint density at radius 3 is 2.28 bits per heavy atom. The van der Waals surface area contributed by atoms with Crippen LogP contribution in [-0.4, -0.2) is 31.4 Å². The summed E-state index contributed by atoms with van der Waals surface area (Å²) in [6, 6.07) is 16.7. The molecule has 2 aliphatic rings. The van der Waals surface area contributed by atoms with E-state index in [1.54, 1.807) is 0 Å². The van der Waals surface area contributed by atoms with Crippen molar-refractivity contribution in [2.24, 2.45) is 11.8 Å². The van der Waals surface area contributed by atoms with Crippen LogP contribution < -0.4 is 20.9 Å². The number of nitrogens with one attached hydrogen (secondary N) is 3. The maximum atomic E-state index is 12.1. The van der Waals surface area contributed by atoms with Crippen LogP contribution in [0.5, 0.6) is 0 Å². The Kier molecular flexibility index (Phi) is 7.30. The van der Waals surface area contributed by atoms with Gasteiger partial charge in [0, 0.05) is 49.7 Å². The summed E-state index contributed by atoms with van der Waals surface area (Å²) in [6.45, 7) is 5.49. The molecule has 2 saturated heterocycles. The monoisotopic (exact) mass is 434 g/mol. The molecule has 170 valence electrons. The Labute approximate surface area is 190 Å². The summed E-state index contributed by atoms with van der Waals surface area (Å²) in [6.07, 6.45) is 5.54. The zero-order chi connectivity index (χ0) is 22.3. The number of carbonyl (C=O) groups is 2. The molecule has 1 atom stereocenters. The minimum Gasteiger partial charge on any atom is -0.372 e. The second-order valence-corrected chi connectivity index (χ2v) is 9.01. The second-order valence-electron chi connectivity index (χ2n) is 9.01. The number of piperidine rings is 1. The first-order chi connectivity index (χ1) is 15.6. The first-order valence-electron chi connectivity index (χ1n) is 11.9. The van der Waals surface area contributed by atoms with Gasteiger partial charge < -0.3 is 20.9 Å². The normalized spacial score (nSPS) is 19.0. The van der Waals surface area contributed by atoms with Gasteiger partial charge in [-0.25, -0.2) is 0 Å². The molecule has 0 bridgehead atoms. The van der Waals surface area contributed by atoms with Crippen molar-refractivity contribution in [3.05, 3.63) is 54.1 Å². The van der Waals surface area contributed by atoms with E-state index < -0.39 is 0 Å². The molecule has 2 heterocycles. The van der Waals surface area contributed by atoms with Gasteiger partial charge in [0.1, 0.15) is 0 Å². The highest BCUT2D eigenvalue weighted by Gasteiger charge is 2.27. The predicted molar refractivity (Wildman–Crippen MR) is 129 cm³/mol. The topological polar surface area (TPSA) is 73.5 Å². The third kappa shape index (κ3) is 5.81. The average Bonchev–Trinajstić information content (AvgIpc) is 3.26. The molecule has 0 aromatic heterocycles. The van der Waals surface area contributed by atoms with E-state index in [4.69, 9.17) is 0 Å². The van der Waals surface area contributed by atoms with Crippen LogP contribution in [0, 0.1) is 11.8 Å². The van der Waals surface area contributed by atoms with Crippen LogP contribution >= 0.6 is 0 Å². The van der Waals surface area contributed by atoms with Gasteiger partial charge in [-0.1, -0.05) is 31.9 Å². The maximum Gasteiger partial charge on any atom is 0.225 e. The average molecular weight is 435 g/mol. The summed E-state index contributed by atoms with van der Waals surface area (Å²) >= 11 is 0. The molecule has 32 heavy (non-hydrogen) atoms. The van der Waals surface area contributed by atoms with Gasteiger partial charge in [0.15, 0.2) is 0 Å². The van der Waals surface area contributed by atoms with E-state index in [1.807, 2.05) is 24.3 Å². The summed E-state index contributed by atoms with van der Waals surface area (Å²) in [4.78, 5) is 25.9. The van der Waals surface area contributed by atoms with E-state index >= 15 is 0 Å². The number of anilines is 3. The van der Waals surface area contributed by atoms with Crippen LogP contribution in [0.4, 0.5) is 17.1 Å². The quantitative estimate of drug-likeness (QED) is 0.582. The molecule has 6 heteroatoms. The SMILES string of the molecule is CCCC1CCN(c2ccc(Nc3ccc(CNC(=O)[C@H]4CNC(=O)C4)cc3)cc2)CC1. The number of rotatable bonds is 8. The Balaban J connectivity index is 1.24. The van der Waals surface area contributed by atoms with Crippen molar-refractivity contribution in [1.82, 2.24) is 10.6 Å². The number of nitrogens with zero attached hydrogens (tertiary/aromatic N) is 1. The third-order valence-corrected chi connectivity index (χ3v) is 6.60. The van der Waals surface area contributed by atoms with Gasteiger partial charge >= 0.3 is 0 Å². The fourth-order valence-electron chi connectivity index (χ4n) is 4.64. The summed E-state index contributed by atoms with van der Waals surface area (Å²) in [7, 11) is 0. The molecule has 4 rings (SSSR count). The van der Waals surface area contributed by atoms with Crippen LogP contribution in [0.3, 0.4) is 0 Å². The number of carbonyl (C=O) groups excluding carboxylic acids is 2. The molecule has 3 N–H and O–H groups in total. The molecule has 2 aromatic rings. The molecule has 0 radical (unpaired) electrons. The molecule has 0 saturated carbocycles. The van der Waals surface area contributed by atoms with Crippen molar-refractivity contribution in [3.8, 4) is 0 Å². The third-order valence-electron chi connectivity index (χ3n) is 6.60. The Morgan fingerprint density at radius 2 is 1.69 bits per heavy atom. The lowest BCUT2D eigenvalue weighted by Crippen LogP contribution is -2.33. The summed E-state index contributed by atoms with van der Waals surface area (Å²) in [5, 5.41) is 9.07. The van der Waals surface area contributed by atoms with Crippen LogP contribution in [0.2, 0.25) is 0 Å². The van der Waals surface area contributed by atoms with Gasteiger partial charge in [0.2, 0.25) is 11.8 Å². The van der Waals surface area contributed by atoms with Crippen LogP contribution in [0.15, 0.2) is 48.5 Å². The first kappa shape index (κ1) is 22.2. The van der Waals surface area contributed by atoms with Crippen LogP contribution in [0.25, 0.3) is 0 Å². The van der Waals surface area contributed by atoms with E-state index in [9.17, 15) is 9.59 Å². The molecule has 0 unspecified atom stereocenters. The van der Waals surface area contributed by atoms with Crippen molar-refractivity contribution in [2.45, 2.75) is 45.6 Å². The molecule has 2 fully saturated rings. The molecule has 2 aliphatic heterocycles. The van der Waals surface area contributed by atoms with Gasteiger partial charge in [-0.15, -0.1) is 0 Å². The van der Waals surface area contributed by atoms with Crippen molar-refractivity contribution in [1.29, 1.82) is 0 Å². The van der Waals surface area contributed by atoms with Gasteiger partial charge in [-0.2, -0.15) is 0 Å². The molecule has 0 aliphatic carbocycles. The Morgan fingerprint density at radius 1 is 1.03 bits per heavy atom. The zero-order valence-electron chi connectivity index (χ0n) is 18.9. The smallest absolute Gasteiger partial charge is 0.225 e. The van der Waals surface area contributed by atoms with Crippen LogP contribution in [-0.2, 0) is 16.1 Å². The number of hydrogen-bond donors (Lipinski definition) is 3. The second kappa shape index (κ2) is 10.5. The Bertz CT molecular complexity index is 902. The van der Waals surface area contributed by atoms with Crippen molar-refractivity contribution >= 4 is 28.9 Å². The van der Waals surface area contributed by atoms with E-state index in [0.717, 1.165) is 35.9 Å². The van der Waals surface area contributed by atoms with Crippen molar-refractivity contribution in [3.63, 3.8) is 0 Å². The minimum absolute atomic E-state index is 0.0508. The molecular weight excluding hydrogens is 400 g/mol. The van der Waals surface area contributed by atoms with E-state index in [2.05, 4.69) is 52.0 Å². The molecule has 2 aromatic carbocycles. The number of amides is 2. The van der Waals surface area contributed by atoms with Crippen molar-refractivity contribution in [2.75, 3.05) is 29.9 Å². The van der Waals surface area contributed by atoms with E-state index in [1.165, 1.54) is 31.4 Å². The number of benzene rings is 2. The fourth-order valence-corrected chi connectivity index (χ4v) is 4.64. The molecule has 2 amide bonds. The minimum atomic E-state index is -0.255. The van der Waals surface area contributed by atoms with Crippen molar-refractivity contribution < 1.29 is 9.59 Å². The fraction of sp³-hybridized carbons (Fsp3) is 0.462. The molecular formula is C26H34N4O2. The van der Waals surface area contributed by atoms with E-state index in [-0.39, 0.29) is 24.2 Å². The largest absolute Gasteiger partial charge is 0.372 e. The van der Waals surface area contributed by atoms with Gasteiger partial charge in [-0.05, 0) is 60.7 Å². The lowest BCUT2D eigenvalue weighted by atomic mass is 9.92. The lowest BCUT2D eigenvalue weighted by molar-refractivity contribution is -0.126. The zero-order valence-corrected chi connectivity index (χ0v) is 18.9. The highest BCUT2D eigenvalue weighted by Crippen LogP contribution is 2.27.